The van der Waals surface area contributed by atoms with Gasteiger partial charge in [-0.1, -0.05) is 135 Å². The van der Waals surface area contributed by atoms with E-state index in [2.05, 4.69) is 26.6 Å². The monoisotopic (exact) mass is 1500 g/mol. The minimum Gasteiger partial charge on any atom is -0.455 e. The molecule has 1 saturated heterocycles. The summed E-state index contributed by atoms with van der Waals surface area (Å²) < 4.78 is 48.2. The largest absolute Gasteiger partial charge is 0.509 e. The Morgan fingerprint density at radius 3 is 1.78 bits per heavy atom. The first-order chi connectivity index (χ1) is 52.0. The summed E-state index contributed by atoms with van der Waals surface area (Å²) in [6.45, 7) is 8.83. The molecule has 2 saturated carbocycles. The fourth-order valence-electron chi connectivity index (χ4n) is 14.9. The Labute approximate surface area is 629 Å². The highest BCUT2D eigenvalue weighted by Crippen LogP contribution is 2.64. The molecule has 10 rings (SSSR count). The Morgan fingerprint density at radius 1 is 0.642 bits per heavy atom. The fraction of sp³-hybridized carbons (Fsp3) is 0.395. The van der Waals surface area contributed by atoms with Crippen molar-refractivity contribution in [2.45, 2.75) is 172 Å². The summed E-state index contributed by atoms with van der Waals surface area (Å²) in [5.74, 6) is -9.14. The van der Waals surface area contributed by atoms with Gasteiger partial charge in [-0.05, 0) is 129 Å². The number of esters is 4. The number of unbranched alkanes of at least 4 members (excludes halogenated alkanes) is 1. The van der Waals surface area contributed by atoms with Crippen molar-refractivity contribution in [2.75, 3.05) is 23.8 Å². The lowest BCUT2D eigenvalue weighted by molar-refractivity contribution is -0.346. The third-order valence-electron chi connectivity index (χ3n) is 20.7. The molecule has 6 aromatic carbocycles. The summed E-state index contributed by atoms with van der Waals surface area (Å²) in [7, 11) is 0. The molecular formula is C81H91N7O21. The quantitative estimate of drug-likeness (QED) is 0.00994. The Bertz CT molecular complexity index is 4340. The number of fused-ring (bicyclic) bond motifs is 5. The van der Waals surface area contributed by atoms with Crippen LogP contribution in [-0.4, -0.2) is 155 Å². The van der Waals surface area contributed by atoms with E-state index in [1.165, 1.54) is 83.1 Å². The van der Waals surface area contributed by atoms with E-state index in [4.69, 9.17) is 49.4 Å². The lowest BCUT2D eigenvalue weighted by atomic mass is 9.44. The lowest BCUT2D eigenvalue weighted by Gasteiger charge is -2.67. The number of aliphatic hydroxyl groups is 2. The van der Waals surface area contributed by atoms with Gasteiger partial charge >= 0.3 is 36.1 Å². The van der Waals surface area contributed by atoms with Crippen molar-refractivity contribution < 1.29 is 101 Å². The number of aliphatic hydroxyl groups excluding tert-OH is 1. The smallest absolute Gasteiger partial charge is 0.455 e. The molecule has 3 aliphatic carbocycles. The number of hydrogen-bond donors (Lipinski definition) is 9. The number of anilines is 2. The van der Waals surface area contributed by atoms with Crippen molar-refractivity contribution in [3.8, 4) is 0 Å². The number of hydrogen-bond acceptors (Lipinski definition) is 23. The maximum absolute atomic E-state index is 16.0. The maximum atomic E-state index is 16.0. The second kappa shape index (κ2) is 34.8. The highest BCUT2D eigenvalue weighted by atomic mass is 16.7. The number of benzene rings is 6. The van der Waals surface area contributed by atoms with Crippen LogP contribution in [0.5, 0.6) is 0 Å². The van der Waals surface area contributed by atoms with Crippen LogP contribution in [0.15, 0.2) is 181 Å². The molecule has 5 amide bonds. The first-order valence-corrected chi connectivity index (χ1v) is 35.9. The summed E-state index contributed by atoms with van der Waals surface area (Å²) in [6, 6.07) is 40.6. The van der Waals surface area contributed by atoms with Crippen molar-refractivity contribution in [2.24, 2.45) is 28.2 Å². The number of carbonyl (C=O) groups excluding carboxylic acids is 11. The molecule has 109 heavy (non-hydrogen) atoms. The number of rotatable bonds is 28. The van der Waals surface area contributed by atoms with Crippen molar-refractivity contribution in [1.29, 1.82) is 0 Å². The van der Waals surface area contributed by atoms with Gasteiger partial charge in [-0.2, -0.15) is 0 Å². The van der Waals surface area contributed by atoms with E-state index in [1.54, 1.807) is 91.0 Å². The molecule has 4 aliphatic rings. The normalized spacial score (nSPS) is 23.6. The SMILES string of the molecule is CC(=O)O[C@H]1C(=O)[C@@]2(C)C(C(OC(=O)c3ccccc3)[C@]3(O)C[C@H](OC(=O)[C@H](OC(=O)OCc4ccc(NC(=O)OCc5ccc(NC(=O)[C@H](CCCCN)NC(=O)[C@H](Cc6ccccc6)NC(=O)[C@@H](C)N)cc5)cc4)[C@@H](NC(=O)c4ccccc4)c4ccccc4)C(C)=C1C3(C)C)[C@]1(OC(C)=O)CO[C@@H]1C[C@@H]2O. The van der Waals surface area contributed by atoms with Crippen molar-refractivity contribution >= 4 is 76.9 Å². The summed E-state index contributed by atoms with van der Waals surface area (Å²) in [4.78, 5) is 155. The molecule has 14 atom stereocenters. The molecule has 11 N–H and O–H groups in total. The van der Waals surface area contributed by atoms with Crippen molar-refractivity contribution in [3.05, 3.63) is 214 Å². The zero-order chi connectivity index (χ0) is 78.5. The molecule has 0 aromatic heterocycles. The topological polar surface area (TPSA) is 414 Å². The van der Waals surface area contributed by atoms with Crippen LogP contribution in [0.25, 0.3) is 0 Å². The van der Waals surface area contributed by atoms with Crippen LogP contribution in [-0.2, 0) is 91.1 Å². The molecule has 28 heteroatoms. The van der Waals surface area contributed by atoms with E-state index in [1.807, 2.05) is 30.3 Å². The molecule has 0 spiro atoms. The summed E-state index contributed by atoms with van der Waals surface area (Å²) in [6.07, 6.45) is -12.3. The van der Waals surface area contributed by atoms with Crippen LogP contribution >= 0.6 is 0 Å². The first kappa shape index (κ1) is 80.4. The van der Waals surface area contributed by atoms with Gasteiger partial charge in [0.1, 0.15) is 55.3 Å². The summed E-state index contributed by atoms with van der Waals surface area (Å²) in [5, 5.41) is 40.3. The molecule has 3 fully saturated rings. The van der Waals surface area contributed by atoms with Crippen LogP contribution < -0.4 is 38.1 Å². The average molecular weight is 1500 g/mol. The Hall–Kier alpha value is -11.2. The van der Waals surface area contributed by atoms with E-state index in [-0.39, 0.29) is 59.4 Å². The molecule has 2 unspecified atom stereocenters. The predicted octanol–water partition coefficient (Wildman–Crippen LogP) is 7.47. The molecule has 0 radical (unpaired) electrons. The Kier molecular flexibility index (Phi) is 25.7. The summed E-state index contributed by atoms with van der Waals surface area (Å²) >= 11 is 0. The van der Waals surface area contributed by atoms with Crippen LogP contribution in [0.4, 0.5) is 21.0 Å². The zero-order valence-electron chi connectivity index (χ0n) is 61.4. The van der Waals surface area contributed by atoms with Gasteiger partial charge in [0, 0.05) is 55.5 Å². The van der Waals surface area contributed by atoms with Crippen molar-refractivity contribution in [3.63, 3.8) is 0 Å². The first-order valence-electron chi connectivity index (χ1n) is 35.9. The highest BCUT2D eigenvalue weighted by molar-refractivity contribution is 5.99. The van der Waals surface area contributed by atoms with Crippen LogP contribution in [0.1, 0.15) is 130 Å². The Balaban J connectivity index is 0.858. The lowest BCUT2D eigenvalue weighted by Crippen LogP contribution is -2.82. The van der Waals surface area contributed by atoms with Crippen LogP contribution in [0.2, 0.25) is 0 Å². The maximum Gasteiger partial charge on any atom is 0.509 e. The van der Waals surface area contributed by atoms with Crippen LogP contribution in [0.3, 0.4) is 0 Å². The van der Waals surface area contributed by atoms with E-state index in [0.717, 1.165) is 19.4 Å². The summed E-state index contributed by atoms with van der Waals surface area (Å²) in [5.41, 5.74) is 5.77. The van der Waals surface area contributed by atoms with Gasteiger partial charge < -0.3 is 80.8 Å². The second-order valence-electron chi connectivity index (χ2n) is 28.5. The van der Waals surface area contributed by atoms with Gasteiger partial charge in [0.2, 0.25) is 23.8 Å². The van der Waals surface area contributed by atoms with Gasteiger partial charge in [-0.3, -0.25) is 38.9 Å². The molecule has 2 bridgehead atoms. The Morgan fingerprint density at radius 2 is 1.21 bits per heavy atom. The predicted molar refractivity (Wildman–Crippen MR) is 393 cm³/mol. The average Bonchev–Trinajstić information content (AvgIpc) is 0.668. The molecule has 28 nitrogen and oxygen atoms in total. The minimum absolute atomic E-state index is 0.000393. The minimum atomic E-state index is -2.56. The third-order valence-corrected chi connectivity index (χ3v) is 20.7. The molecule has 1 aliphatic heterocycles. The van der Waals surface area contributed by atoms with Gasteiger partial charge in [0.15, 0.2) is 17.5 Å². The van der Waals surface area contributed by atoms with E-state index < -0.39 is 174 Å². The number of amides is 5. The number of nitrogens with one attached hydrogen (secondary N) is 5. The van der Waals surface area contributed by atoms with E-state index >= 15 is 9.59 Å². The van der Waals surface area contributed by atoms with Gasteiger partial charge in [-0.25, -0.2) is 19.2 Å². The number of ether oxygens (including phenoxy) is 8. The second-order valence-corrected chi connectivity index (χ2v) is 28.5. The van der Waals surface area contributed by atoms with Gasteiger partial charge in [-0.15, -0.1) is 0 Å². The standard InChI is InChI=1S/C81H91N7O21/c1-46-60(42-81(101)69(108-74(97)55-28-18-11-19-29-55)67-79(7,61(91)41-62-80(67,45-104-62)109-49(4)90)68(92)65(105-48(3)89)63(46)78(81,5)6)106-75(98)66(64(53-24-14-9-15-25-53)88-71(94)54-26-16-10-17-27-54)107-77(100)103-44-52-33-37-57(38-34-52)85-76(99)102-43-51-31-35-56(36-32-51)84-72(95)58(30-20-21-39-82)86-73(96)59(87-70(93)47(2)83)40-50-22-12-8-13-23-50/h8-19,22-29,31-38,47,58-62,64-67,69,91,101H,20-21,30,39-45,82-83H2,1-7H3,(H,84,95)(H,85,99)(H,86,96)(H,87,93)(H,88,94)/t47-,58+,59+,60+,61+,62-,64+,65-,66-,67?,69?,79-,80+,81-/m1/s1. The third kappa shape index (κ3) is 18.2. The molecular weight excluding hydrogens is 1410 g/mol. The van der Waals surface area contributed by atoms with Crippen molar-refractivity contribution in [1.82, 2.24) is 16.0 Å². The highest BCUT2D eigenvalue weighted by Gasteiger charge is 2.78. The number of Topliss-reactive ketones (excluding diaryl/α,β-unsaturated/α-hetero) is 1. The van der Waals surface area contributed by atoms with E-state index in [9.17, 15) is 53.4 Å². The van der Waals surface area contributed by atoms with Crippen LogP contribution in [0, 0.1) is 16.7 Å². The zero-order valence-corrected chi connectivity index (χ0v) is 61.4. The number of nitrogens with two attached hydrogens (primary N) is 2. The van der Waals surface area contributed by atoms with Gasteiger partial charge in [0.25, 0.3) is 5.91 Å². The van der Waals surface area contributed by atoms with Gasteiger partial charge in [0.05, 0.1) is 35.6 Å². The molecule has 576 valence electrons. The number of ketones is 1. The fourth-order valence-corrected chi connectivity index (χ4v) is 14.9. The number of carbonyl (C=O) groups is 11. The molecule has 1 heterocycles. The van der Waals surface area contributed by atoms with E-state index in [0.29, 0.717) is 36.2 Å². The molecule has 6 aromatic rings.